The lowest BCUT2D eigenvalue weighted by Gasteiger charge is -2.20. The van der Waals surface area contributed by atoms with Gasteiger partial charge in [-0.2, -0.15) is 26.3 Å². The van der Waals surface area contributed by atoms with Gasteiger partial charge < -0.3 is 9.64 Å². The smallest absolute Gasteiger partial charge is 0.419 e. The van der Waals surface area contributed by atoms with Crippen LogP contribution >= 0.6 is 35.0 Å². The lowest BCUT2D eigenvalue weighted by molar-refractivity contribution is -0.140. The van der Waals surface area contributed by atoms with Crippen LogP contribution < -0.4 is 9.46 Å². The van der Waals surface area contributed by atoms with Crippen molar-refractivity contribution in [1.29, 1.82) is 0 Å². The zero-order valence-corrected chi connectivity index (χ0v) is 23.6. The summed E-state index contributed by atoms with van der Waals surface area (Å²) >= 11 is 12.5. The van der Waals surface area contributed by atoms with E-state index in [1.165, 1.54) is 18.2 Å². The molecule has 40 heavy (non-hydrogen) atoms. The standard InChI is InChI=1S/C25H20Cl2F6N2O3S2/c1-35-7-6-17(13-35)38-22-11-16(2-4-20(22)24(28,29)30)34-40(36,37)19-3-5-23(21(12-19)25(31,32)33)39-18-9-14(26)8-15(27)10-18/h2-5,8-12,17,34H,6-7,13H2,1H3. The van der Waals surface area contributed by atoms with E-state index in [0.29, 0.717) is 48.3 Å². The SMILES string of the molecule is CN1CCC(Oc2cc(NS(=O)(=O)c3ccc(Sc4cc(Cl)cc(Cl)c4)c(C(F)(F)F)c3)ccc2C(F)(F)F)C1. The van der Waals surface area contributed by atoms with Gasteiger partial charge in [0.05, 0.1) is 21.7 Å². The highest BCUT2D eigenvalue weighted by Gasteiger charge is 2.37. The summed E-state index contributed by atoms with van der Waals surface area (Å²) in [6, 6.07) is 8.99. The number of halogens is 8. The van der Waals surface area contributed by atoms with E-state index in [2.05, 4.69) is 4.72 Å². The monoisotopic (exact) mass is 644 g/mol. The van der Waals surface area contributed by atoms with Crippen LogP contribution in [0.5, 0.6) is 5.75 Å². The molecule has 1 fully saturated rings. The third kappa shape index (κ3) is 7.49. The predicted octanol–water partition coefficient (Wildman–Crippen LogP) is 8.07. The van der Waals surface area contributed by atoms with Crippen molar-refractivity contribution in [3.63, 3.8) is 0 Å². The topological polar surface area (TPSA) is 58.6 Å². The molecular weight excluding hydrogens is 625 g/mol. The van der Waals surface area contributed by atoms with E-state index < -0.39 is 50.3 Å². The Morgan fingerprint density at radius 2 is 1.57 bits per heavy atom. The largest absolute Gasteiger partial charge is 0.488 e. The minimum atomic E-state index is -4.93. The maximum absolute atomic E-state index is 13.9. The fraction of sp³-hybridized carbons (Fsp3) is 0.280. The second kappa shape index (κ2) is 11.5. The summed E-state index contributed by atoms with van der Waals surface area (Å²) in [5.74, 6) is -0.587. The van der Waals surface area contributed by atoms with Gasteiger partial charge in [0.2, 0.25) is 0 Å². The molecule has 0 aliphatic carbocycles. The number of hydrogen-bond acceptors (Lipinski definition) is 5. The average Bonchev–Trinajstić information content (AvgIpc) is 3.21. The molecule has 1 atom stereocenters. The van der Waals surface area contributed by atoms with E-state index in [-0.39, 0.29) is 20.6 Å². The van der Waals surface area contributed by atoms with Crippen LogP contribution in [0.4, 0.5) is 32.0 Å². The Balaban J connectivity index is 1.65. The average molecular weight is 645 g/mol. The molecule has 4 rings (SSSR count). The van der Waals surface area contributed by atoms with Gasteiger partial charge in [0.15, 0.2) is 0 Å². The molecule has 0 aromatic heterocycles. The Morgan fingerprint density at radius 1 is 0.925 bits per heavy atom. The Bertz CT molecular complexity index is 1500. The number of alkyl halides is 6. The first-order chi connectivity index (χ1) is 18.5. The van der Waals surface area contributed by atoms with Crippen LogP contribution in [0.2, 0.25) is 10.0 Å². The molecule has 0 radical (unpaired) electrons. The molecule has 0 saturated carbocycles. The quantitative estimate of drug-likeness (QED) is 0.264. The molecule has 3 aromatic rings. The molecule has 1 aliphatic heterocycles. The number of benzene rings is 3. The Morgan fingerprint density at radius 3 is 2.15 bits per heavy atom. The summed E-state index contributed by atoms with van der Waals surface area (Å²) in [5, 5.41) is 0.401. The molecule has 15 heteroatoms. The van der Waals surface area contributed by atoms with Crippen molar-refractivity contribution >= 4 is 50.7 Å². The summed E-state index contributed by atoms with van der Waals surface area (Å²) in [6.45, 7) is 0.984. The number of nitrogens with one attached hydrogen (secondary N) is 1. The van der Waals surface area contributed by atoms with Crippen LogP contribution in [0.25, 0.3) is 0 Å². The number of rotatable bonds is 7. The number of likely N-dealkylation sites (tertiary alicyclic amines) is 1. The van der Waals surface area contributed by atoms with Crippen molar-refractivity contribution in [3.05, 3.63) is 75.8 Å². The minimum absolute atomic E-state index is 0.201. The Kier molecular flexibility index (Phi) is 8.82. The molecule has 0 amide bonds. The van der Waals surface area contributed by atoms with Crippen LogP contribution in [0.15, 0.2) is 69.3 Å². The van der Waals surface area contributed by atoms with Crippen LogP contribution in [-0.2, 0) is 22.4 Å². The van der Waals surface area contributed by atoms with E-state index in [1.807, 2.05) is 4.90 Å². The van der Waals surface area contributed by atoms with Crippen LogP contribution in [0.1, 0.15) is 17.5 Å². The molecule has 5 nitrogen and oxygen atoms in total. The van der Waals surface area contributed by atoms with Gasteiger partial charge in [-0.15, -0.1) is 0 Å². The Hall–Kier alpha value is -2.32. The van der Waals surface area contributed by atoms with Gasteiger partial charge in [-0.05, 0) is 62.0 Å². The third-order valence-corrected chi connectivity index (χ3v) is 8.67. The zero-order valence-electron chi connectivity index (χ0n) is 20.4. The maximum atomic E-state index is 13.9. The predicted molar refractivity (Wildman–Crippen MR) is 141 cm³/mol. The van der Waals surface area contributed by atoms with Crippen LogP contribution in [0, 0.1) is 0 Å². The highest BCUT2D eigenvalue weighted by molar-refractivity contribution is 7.99. The number of sulfonamides is 1. The lowest BCUT2D eigenvalue weighted by atomic mass is 10.1. The van der Waals surface area contributed by atoms with E-state index in [9.17, 15) is 34.8 Å². The maximum Gasteiger partial charge on any atom is 0.419 e. The number of hydrogen-bond donors (Lipinski definition) is 1. The fourth-order valence-electron chi connectivity index (χ4n) is 4.00. The van der Waals surface area contributed by atoms with Crippen molar-refractivity contribution in [2.45, 2.75) is 39.6 Å². The molecule has 3 aromatic carbocycles. The molecular formula is C25H20Cl2F6N2O3S2. The highest BCUT2D eigenvalue weighted by Crippen LogP contribution is 2.42. The van der Waals surface area contributed by atoms with Crippen molar-refractivity contribution in [2.24, 2.45) is 0 Å². The van der Waals surface area contributed by atoms with Crippen molar-refractivity contribution in [2.75, 3.05) is 24.9 Å². The van der Waals surface area contributed by atoms with Gasteiger partial charge in [-0.3, -0.25) is 4.72 Å². The van der Waals surface area contributed by atoms with Crippen LogP contribution in [0.3, 0.4) is 0 Å². The first-order valence-corrected chi connectivity index (χ1v) is 14.5. The van der Waals surface area contributed by atoms with E-state index in [4.69, 9.17) is 27.9 Å². The fourth-order valence-corrected chi connectivity index (χ4v) is 6.78. The van der Waals surface area contributed by atoms with Crippen molar-refractivity contribution < 1.29 is 39.5 Å². The van der Waals surface area contributed by atoms with Gasteiger partial charge >= 0.3 is 12.4 Å². The lowest BCUT2D eigenvalue weighted by Crippen LogP contribution is -2.23. The van der Waals surface area contributed by atoms with Gasteiger partial charge in [-0.1, -0.05) is 35.0 Å². The normalized spacial score (nSPS) is 16.8. The van der Waals surface area contributed by atoms with Gasteiger partial charge in [0.1, 0.15) is 11.9 Å². The van der Waals surface area contributed by atoms with Gasteiger partial charge in [0.25, 0.3) is 10.0 Å². The van der Waals surface area contributed by atoms with Gasteiger partial charge in [0, 0.05) is 39.0 Å². The first kappa shape index (κ1) is 30.6. The zero-order chi connectivity index (χ0) is 29.5. The Labute approximate surface area is 240 Å². The second-order valence-corrected chi connectivity index (χ2v) is 12.6. The third-order valence-electron chi connectivity index (χ3n) is 5.81. The molecule has 0 spiro atoms. The number of nitrogens with zero attached hydrogens (tertiary/aromatic N) is 1. The molecule has 1 unspecified atom stereocenters. The van der Waals surface area contributed by atoms with E-state index >= 15 is 0 Å². The molecule has 1 heterocycles. The minimum Gasteiger partial charge on any atom is -0.488 e. The molecule has 216 valence electrons. The second-order valence-electron chi connectivity index (χ2n) is 8.97. The number of ether oxygens (including phenoxy) is 1. The molecule has 0 bridgehead atoms. The molecule has 1 N–H and O–H groups in total. The van der Waals surface area contributed by atoms with Crippen LogP contribution in [-0.4, -0.2) is 39.6 Å². The van der Waals surface area contributed by atoms with E-state index in [1.54, 1.807) is 7.05 Å². The summed E-state index contributed by atoms with van der Waals surface area (Å²) in [4.78, 5) is 1.11. The summed E-state index contributed by atoms with van der Waals surface area (Å²) in [6.07, 6.45) is -9.79. The van der Waals surface area contributed by atoms with Gasteiger partial charge in [-0.25, -0.2) is 8.42 Å². The summed E-state index contributed by atoms with van der Waals surface area (Å²) < 4.78 is 116. The number of anilines is 1. The van der Waals surface area contributed by atoms with Crippen molar-refractivity contribution in [1.82, 2.24) is 4.90 Å². The molecule has 1 saturated heterocycles. The summed E-state index contributed by atoms with van der Waals surface area (Å²) in [7, 11) is -2.87. The van der Waals surface area contributed by atoms with E-state index in [0.717, 1.165) is 24.3 Å². The summed E-state index contributed by atoms with van der Waals surface area (Å²) in [5.41, 5.74) is -2.65. The van der Waals surface area contributed by atoms with Crippen molar-refractivity contribution in [3.8, 4) is 5.75 Å². The highest BCUT2D eigenvalue weighted by atomic mass is 35.5. The molecule has 1 aliphatic rings. The number of likely N-dealkylation sites (N-methyl/N-ethyl adjacent to an activating group) is 1. The first-order valence-electron chi connectivity index (χ1n) is 11.5.